The maximum Gasteiger partial charge on any atom is 3.00 e. The Hall–Kier alpha value is 1.36. The van der Waals surface area contributed by atoms with Crippen LogP contribution < -0.4 is 43.4 Å². The molecule has 0 saturated carbocycles. The first-order valence-corrected chi connectivity index (χ1v) is 0. The maximum atomic E-state index is 0. The van der Waals surface area contributed by atoms with Gasteiger partial charge in [0, 0.05) is 0 Å². The van der Waals surface area contributed by atoms with E-state index in [1.54, 1.807) is 0 Å². The second-order valence-corrected chi connectivity index (χ2v) is 0. The summed E-state index contributed by atoms with van der Waals surface area (Å²) in [5.41, 5.74) is 0. The van der Waals surface area contributed by atoms with Crippen LogP contribution in [0.3, 0.4) is 0 Å². The Kier molecular flexibility index (Phi) is 1080. The first-order valence-electron chi connectivity index (χ1n) is 0. The SMILES string of the molecule is N.[Al+3].[Cl-].[Cl-].[Cl-]. The van der Waals surface area contributed by atoms with Gasteiger partial charge < -0.3 is 43.4 Å². The van der Waals surface area contributed by atoms with Crippen molar-refractivity contribution in [2.75, 3.05) is 0 Å². The van der Waals surface area contributed by atoms with Gasteiger partial charge in [-0.1, -0.05) is 0 Å². The molecule has 0 atom stereocenters. The van der Waals surface area contributed by atoms with Crippen LogP contribution in [0.25, 0.3) is 0 Å². The Bertz CT molecular complexity index is 6.85. The molecule has 0 aliphatic heterocycles. The van der Waals surface area contributed by atoms with E-state index in [9.17, 15) is 0 Å². The van der Waals surface area contributed by atoms with E-state index in [0.29, 0.717) is 0 Å². The van der Waals surface area contributed by atoms with Gasteiger partial charge >= 0.3 is 17.4 Å². The van der Waals surface area contributed by atoms with Gasteiger partial charge in [-0.2, -0.15) is 0 Å². The fourth-order valence-corrected chi connectivity index (χ4v) is 0. The van der Waals surface area contributed by atoms with E-state index in [1.807, 2.05) is 0 Å². The van der Waals surface area contributed by atoms with Gasteiger partial charge in [-0.3, -0.25) is 0 Å². The summed E-state index contributed by atoms with van der Waals surface area (Å²) in [6, 6.07) is 0. The predicted octanol–water partition coefficient (Wildman–Crippen LogP) is -9.21. The smallest absolute Gasteiger partial charge is 1.00 e. The molecule has 0 bridgehead atoms. The molecule has 0 heterocycles. The molecule has 5 heteroatoms. The van der Waals surface area contributed by atoms with E-state index >= 15 is 0 Å². The van der Waals surface area contributed by atoms with Crippen molar-refractivity contribution < 1.29 is 37.2 Å². The minimum Gasteiger partial charge on any atom is -1.00 e. The summed E-state index contributed by atoms with van der Waals surface area (Å²) in [5, 5.41) is 0. The van der Waals surface area contributed by atoms with E-state index in [1.165, 1.54) is 0 Å². The summed E-state index contributed by atoms with van der Waals surface area (Å²) in [7, 11) is 0. The van der Waals surface area contributed by atoms with Crippen molar-refractivity contribution in [1.82, 2.24) is 6.15 Å². The molecular weight excluding hydrogens is 147 g/mol. The Morgan fingerprint density at radius 1 is 0.600 bits per heavy atom. The molecule has 0 rings (SSSR count). The van der Waals surface area contributed by atoms with Crippen LogP contribution >= 0.6 is 0 Å². The molecular formula is H3AlCl3N. The first kappa shape index (κ1) is 98.6. The predicted molar refractivity (Wildman–Crippen MR) is 10.8 cm³/mol. The summed E-state index contributed by atoms with van der Waals surface area (Å²) in [4.78, 5) is 0. The average Bonchev–Trinajstić information content (AvgIpc) is 0. The van der Waals surface area contributed by atoms with Gasteiger partial charge in [0.2, 0.25) is 0 Å². The van der Waals surface area contributed by atoms with Crippen LogP contribution in [0.2, 0.25) is 0 Å². The summed E-state index contributed by atoms with van der Waals surface area (Å²) in [6.45, 7) is 0. The van der Waals surface area contributed by atoms with Crippen LogP contribution in [-0.4, -0.2) is 17.4 Å². The van der Waals surface area contributed by atoms with Crippen molar-refractivity contribution >= 4 is 17.4 Å². The van der Waals surface area contributed by atoms with Crippen molar-refractivity contribution in [2.45, 2.75) is 0 Å². The zero-order chi connectivity index (χ0) is 0. The molecule has 0 unspecified atom stereocenters. The summed E-state index contributed by atoms with van der Waals surface area (Å²) < 4.78 is 0. The van der Waals surface area contributed by atoms with Crippen LogP contribution in [-0.2, 0) is 0 Å². The molecule has 0 aromatic heterocycles. The zero-order valence-corrected chi connectivity index (χ0v) is 5.84. The van der Waals surface area contributed by atoms with Gasteiger partial charge in [0.25, 0.3) is 0 Å². The summed E-state index contributed by atoms with van der Waals surface area (Å²) in [6.07, 6.45) is 0. The van der Waals surface area contributed by atoms with Gasteiger partial charge in [0.1, 0.15) is 0 Å². The normalized spacial score (nSPS) is 0. The fourth-order valence-electron chi connectivity index (χ4n) is 0. The molecule has 0 amide bonds. The second-order valence-electron chi connectivity index (χ2n) is 0. The van der Waals surface area contributed by atoms with Crippen molar-refractivity contribution in [3.63, 3.8) is 0 Å². The number of hydrogen-bond donors (Lipinski definition) is 1. The minimum atomic E-state index is 0. The molecule has 0 aliphatic rings. The van der Waals surface area contributed by atoms with Crippen molar-refractivity contribution in [3.05, 3.63) is 0 Å². The Balaban J connectivity index is 0. The number of rotatable bonds is 0. The van der Waals surface area contributed by atoms with Gasteiger partial charge in [0.05, 0.1) is 0 Å². The number of hydrogen-bond acceptors (Lipinski definition) is 1. The molecule has 0 spiro atoms. The third-order valence-corrected chi connectivity index (χ3v) is 0. The van der Waals surface area contributed by atoms with Crippen LogP contribution in [0.1, 0.15) is 0 Å². The second kappa shape index (κ2) is 55.0. The molecule has 1 nitrogen and oxygen atoms in total. The zero-order valence-electron chi connectivity index (χ0n) is 2.42. The Morgan fingerprint density at radius 2 is 0.600 bits per heavy atom. The third-order valence-electron chi connectivity index (χ3n) is 0. The number of halogens is 3. The monoisotopic (exact) mass is 149 g/mol. The summed E-state index contributed by atoms with van der Waals surface area (Å²) in [5.74, 6) is 0. The average molecular weight is 150 g/mol. The molecule has 0 radical (unpaired) electrons. The molecule has 0 saturated heterocycles. The Morgan fingerprint density at radius 3 is 0.600 bits per heavy atom. The van der Waals surface area contributed by atoms with Crippen molar-refractivity contribution in [3.8, 4) is 0 Å². The molecule has 32 valence electrons. The molecule has 3 N–H and O–H groups in total. The molecule has 0 aromatic rings. The topological polar surface area (TPSA) is 35.0 Å². The van der Waals surface area contributed by atoms with Gasteiger partial charge in [-0.05, 0) is 0 Å². The van der Waals surface area contributed by atoms with Crippen LogP contribution in [0.4, 0.5) is 0 Å². The van der Waals surface area contributed by atoms with Gasteiger partial charge in [-0.25, -0.2) is 0 Å². The van der Waals surface area contributed by atoms with Gasteiger partial charge in [0.15, 0.2) is 0 Å². The van der Waals surface area contributed by atoms with Crippen molar-refractivity contribution in [2.24, 2.45) is 0 Å². The first-order chi connectivity index (χ1) is 0. The van der Waals surface area contributed by atoms with Crippen LogP contribution in [0.15, 0.2) is 0 Å². The van der Waals surface area contributed by atoms with Gasteiger partial charge in [-0.15, -0.1) is 0 Å². The molecule has 0 fully saturated rings. The standard InChI is InChI=1S/Al.3ClH.H3N/h;3*1H;1H3/q+3;;;;/p-3. The van der Waals surface area contributed by atoms with Crippen molar-refractivity contribution in [1.29, 1.82) is 0 Å². The molecule has 0 aliphatic carbocycles. The Labute approximate surface area is 60.8 Å². The van der Waals surface area contributed by atoms with Crippen LogP contribution in [0, 0.1) is 0 Å². The van der Waals surface area contributed by atoms with E-state index in [0.717, 1.165) is 0 Å². The van der Waals surface area contributed by atoms with E-state index in [4.69, 9.17) is 0 Å². The quantitative estimate of drug-likeness (QED) is 0.342. The van der Waals surface area contributed by atoms with E-state index in [2.05, 4.69) is 0 Å². The largest absolute Gasteiger partial charge is 3.00 e. The summed E-state index contributed by atoms with van der Waals surface area (Å²) >= 11 is 0. The van der Waals surface area contributed by atoms with E-state index < -0.39 is 0 Å². The fraction of sp³-hybridized carbons (Fsp3) is 0. The maximum absolute atomic E-state index is 0. The minimum absolute atomic E-state index is 0. The molecule has 5 heavy (non-hydrogen) atoms. The van der Waals surface area contributed by atoms with Crippen LogP contribution in [0.5, 0.6) is 0 Å². The third kappa shape index (κ3) is 32.7. The van der Waals surface area contributed by atoms with E-state index in [-0.39, 0.29) is 60.7 Å². The molecule has 0 aromatic carbocycles.